The molecule has 0 unspecified atom stereocenters. The standard InChI is InChI=1S/C21H26N2O5S/c1-3-4-15-23(18-10-6-5-7-11-18)29(26,27)19-12-8-9-17(16-19)21(25)22-14-13-20(24)28-2/h5-12,16H,3-4,13-15H2,1-2H3,(H,22,25). The molecule has 0 aliphatic carbocycles. The molecule has 156 valence electrons. The molecule has 0 heterocycles. The van der Waals surface area contributed by atoms with Crippen LogP contribution in [0.25, 0.3) is 0 Å². The molecule has 2 rings (SSSR count). The number of nitrogens with one attached hydrogen (secondary N) is 1. The summed E-state index contributed by atoms with van der Waals surface area (Å²) in [5.41, 5.74) is 0.785. The number of nitrogens with zero attached hydrogens (tertiary/aromatic N) is 1. The Labute approximate surface area is 171 Å². The Bertz CT molecular complexity index is 929. The minimum Gasteiger partial charge on any atom is -0.469 e. The molecule has 2 aromatic rings. The molecule has 0 fully saturated rings. The molecular weight excluding hydrogens is 392 g/mol. The van der Waals surface area contributed by atoms with Crippen molar-refractivity contribution in [2.24, 2.45) is 0 Å². The number of ether oxygens (including phenoxy) is 1. The van der Waals surface area contributed by atoms with E-state index in [1.54, 1.807) is 24.3 Å². The Balaban J connectivity index is 2.26. The Hall–Kier alpha value is -2.87. The molecule has 1 amide bonds. The second-order valence-corrected chi connectivity index (χ2v) is 8.24. The summed E-state index contributed by atoms with van der Waals surface area (Å²) in [4.78, 5) is 23.5. The molecule has 0 saturated carbocycles. The lowest BCUT2D eigenvalue weighted by Crippen LogP contribution is -2.32. The predicted octanol–water partition coefficient (Wildman–Crippen LogP) is 2.97. The van der Waals surface area contributed by atoms with Crippen molar-refractivity contribution in [2.75, 3.05) is 24.5 Å². The van der Waals surface area contributed by atoms with E-state index >= 15 is 0 Å². The minimum atomic E-state index is -3.84. The van der Waals surface area contributed by atoms with E-state index in [1.165, 1.54) is 35.7 Å². The van der Waals surface area contributed by atoms with Gasteiger partial charge in [-0.3, -0.25) is 13.9 Å². The van der Waals surface area contributed by atoms with Crippen LogP contribution in [0.15, 0.2) is 59.5 Å². The maximum Gasteiger partial charge on any atom is 0.307 e. The van der Waals surface area contributed by atoms with E-state index in [0.717, 1.165) is 6.42 Å². The lowest BCUT2D eigenvalue weighted by molar-refractivity contribution is -0.140. The van der Waals surface area contributed by atoms with Gasteiger partial charge in [-0.25, -0.2) is 8.42 Å². The van der Waals surface area contributed by atoms with Crippen LogP contribution in [0.1, 0.15) is 36.5 Å². The van der Waals surface area contributed by atoms with E-state index in [-0.39, 0.29) is 23.4 Å². The molecule has 0 atom stereocenters. The number of para-hydroxylation sites is 1. The molecular formula is C21H26N2O5S. The highest BCUT2D eigenvalue weighted by Crippen LogP contribution is 2.24. The molecule has 0 radical (unpaired) electrons. The third-order valence-electron chi connectivity index (χ3n) is 4.29. The van der Waals surface area contributed by atoms with Crippen molar-refractivity contribution in [3.8, 4) is 0 Å². The van der Waals surface area contributed by atoms with Crippen LogP contribution in [0.2, 0.25) is 0 Å². The van der Waals surface area contributed by atoms with Crippen molar-refractivity contribution in [3.63, 3.8) is 0 Å². The Morgan fingerprint density at radius 2 is 1.79 bits per heavy atom. The molecule has 2 aromatic carbocycles. The number of amides is 1. The normalized spacial score (nSPS) is 11.0. The zero-order valence-electron chi connectivity index (χ0n) is 16.6. The number of rotatable bonds is 10. The second kappa shape index (κ2) is 10.6. The van der Waals surface area contributed by atoms with E-state index in [9.17, 15) is 18.0 Å². The molecule has 7 nitrogen and oxygen atoms in total. The zero-order valence-corrected chi connectivity index (χ0v) is 17.4. The average Bonchev–Trinajstić information content (AvgIpc) is 2.74. The summed E-state index contributed by atoms with van der Waals surface area (Å²) in [6.45, 7) is 2.45. The number of carbonyl (C=O) groups excluding carboxylic acids is 2. The Morgan fingerprint density at radius 3 is 2.45 bits per heavy atom. The first-order chi connectivity index (χ1) is 13.9. The fourth-order valence-corrected chi connectivity index (χ4v) is 4.24. The molecule has 0 bridgehead atoms. The van der Waals surface area contributed by atoms with Gasteiger partial charge in [-0.1, -0.05) is 37.6 Å². The molecule has 0 aromatic heterocycles. The van der Waals surface area contributed by atoms with Crippen molar-refractivity contribution in [1.82, 2.24) is 5.32 Å². The van der Waals surface area contributed by atoms with Gasteiger partial charge in [0, 0.05) is 18.7 Å². The van der Waals surface area contributed by atoms with Gasteiger partial charge in [0.1, 0.15) is 0 Å². The first kappa shape index (κ1) is 22.4. The van der Waals surface area contributed by atoms with Crippen LogP contribution in [0.4, 0.5) is 5.69 Å². The van der Waals surface area contributed by atoms with Crippen molar-refractivity contribution in [2.45, 2.75) is 31.1 Å². The van der Waals surface area contributed by atoms with Crippen LogP contribution >= 0.6 is 0 Å². The number of esters is 1. The highest BCUT2D eigenvalue weighted by Gasteiger charge is 2.25. The van der Waals surface area contributed by atoms with E-state index in [0.29, 0.717) is 18.7 Å². The van der Waals surface area contributed by atoms with Gasteiger partial charge in [0.05, 0.1) is 24.1 Å². The maximum atomic E-state index is 13.3. The number of benzene rings is 2. The van der Waals surface area contributed by atoms with E-state index in [2.05, 4.69) is 10.1 Å². The van der Waals surface area contributed by atoms with Gasteiger partial charge in [-0.15, -0.1) is 0 Å². The van der Waals surface area contributed by atoms with Gasteiger partial charge in [-0.05, 0) is 36.8 Å². The third-order valence-corrected chi connectivity index (χ3v) is 6.11. The minimum absolute atomic E-state index is 0.0399. The van der Waals surface area contributed by atoms with Gasteiger partial charge in [0.15, 0.2) is 0 Å². The molecule has 1 N–H and O–H groups in total. The van der Waals surface area contributed by atoms with Gasteiger partial charge in [-0.2, -0.15) is 0 Å². The van der Waals surface area contributed by atoms with E-state index in [4.69, 9.17) is 0 Å². The summed E-state index contributed by atoms with van der Waals surface area (Å²) in [5, 5.41) is 2.59. The number of sulfonamides is 1. The van der Waals surface area contributed by atoms with Crippen molar-refractivity contribution >= 4 is 27.6 Å². The number of hydrogen-bond acceptors (Lipinski definition) is 5. The Kier molecular flexibility index (Phi) is 8.21. The second-order valence-electron chi connectivity index (χ2n) is 6.38. The molecule has 8 heteroatoms. The number of unbranched alkanes of at least 4 members (excludes halogenated alkanes) is 1. The summed E-state index contributed by atoms with van der Waals surface area (Å²) in [7, 11) is -2.57. The van der Waals surface area contributed by atoms with Crippen LogP contribution < -0.4 is 9.62 Å². The molecule has 0 saturated heterocycles. The summed E-state index contributed by atoms with van der Waals surface area (Å²) in [5.74, 6) is -0.887. The quantitative estimate of drug-likeness (QED) is 0.599. The summed E-state index contributed by atoms with van der Waals surface area (Å²) >= 11 is 0. The van der Waals surface area contributed by atoms with Crippen molar-refractivity contribution in [3.05, 3.63) is 60.2 Å². The summed E-state index contributed by atoms with van der Waals surface area (Å²) < 4.78 is 32.5. The third kappa shape index (κ3) is 6.05. The first-order valence-corrected chi connectivity index (χ1v) is 10.9. The van der Waals surface area contributed by atoms with Crippen molar-refractivity contribution < 1.29 is 22.7 Å². The number of methoxy groups -OCH3 is 1. The van der Waals surface area contributed by atoms with E-state index < -0.39 is 21.9 Å². The highest BCUT2D eigenvalue weighted by molar-refractivity contribution is 7.92. The molecule has 0 aliphatic heterocycles. The molecule has 29 heavy (non-hydrogen) atoms. The van der Waals surface area contributed by atoms with Crippen LogP contribution in [0.5, 0.6) is 0 Å². The SMILES string of the molecule is CCCCN(c1ccccc1)S(=O)(=O)c1cccc(C(=O)NCCC(=O)OC)c1. The zero-order chi connectivity index (χ0) is 21.3. The maximum absolute atomic E-state index is 13.3. The predicted molar refractivity (Wildman–Crippen MR) is 111 cm³/mol. The van der Waals surface area contributed by atoms with Crippen LogP contribution in [-0.2, 0) is 19.6 Å². The number of carbonyl (C=O) groups is 2. The van der Waals surface area contributed by atoms with Crippen LogP contribution in [0.3, 0.4) is 0 Å². The summed E-state index contributed by atoms with van der Waals surface area (Å²) in [6, 6.07) is 14.8. The fourth-order valence-electron chi connectivity index (χ4n) is 2.69. The summed E-state index contributed by atoms with van der Waals surface area (Å²) in [6.07, 6.45) is 1.60. The lowest BCUT2D eigenvalue weighted by atomic mass is 10.2. The topological polar surface area (TPSA) is 92.8 Å². The van der Waals surface area contributed by atoms with Gasteiger partial charge in [0.2, 0.25) is 0 Å². The fraction of sp³-hybridized carbons (Fsp3) is 0.333. The average molecular weight is 419 g/mol. The Morgan fingerprint density at radius 1 is 1.07 bits per heavy atom. The highest BCUT2D eigenvalue weighted by atomic mass is 32.2. The van der Waals surface area contributed by atoms with Gasteiger partial charge < -0.3 is 10.1 Å². The van der Waals surface area contributed by atoms with E-state index in [1.807, 2.05) is 13.0 Å². The number of hydrogen-bond donors (Lipinski definition) is 1. The first-order valence-electron chi connectivity index (χ1n) is 9.43. The smallest absolute Gasteiger partial charge is 0.307 e. The largest absolute Gasteiger partial charge is 0.469 e. The molecule has 0 aliphatic rings. The van der Waals surface area contributed by atoms with Gasteiger partial charge in [0.25, 0.3) is 15.9 Å². The van der Waals surface area contributed by atoms with Gasteiger partial charge >= 0.3 is 5.97 Å². The lowest BCUT2D eigenvalue weighted by Gasteiger charge is -2.24. The van der Waals surface area contributed by atoms with Crippen LogP contribution in [-0.4, -0.2) is 40.5 Å². The van der Waals surface area contributed by atoms with Crippen molar-refractivity contribution in [1.29, 1.82) is 0 Å². The van der Waals surface area contributed by atoms with Crippen LogP contribution in [0, 0.1) is 0 Å². The molecule has 0 spiro atoms. The number of anilines is 1. The monoisotopic (exact) mass is 418 g/mol.